The van der Waals surface area contributed by atoms with Crippen LogP contribution < -0.4 is 10.5 Å². The Kier molecular flexibility index (Phi) is 7.51. The summed E-state index contributed by atoms with van der Waals surface area (Å²) in [6.07, 6.45) is 7.24. The lowest BCUT2D eigenvalue weighted by Gasteiger charge is -2.12. The van der Waals surface area contributed by atoms with Crippen molar-refractivity contribution in [2.45, 2.75) is 58.4 Å². The molecular weight excluding hydrogens is 222 g/mol. The third kappa shape index (κ3) is 6.06. The lowest BCUT2D eigenvalue weighted by molar-refractivity contribution is 0.301. The molecule has 0 radical (unpaired) electrons. The summed E-state index contributed by atoms with van der Waals surface area (Å²) >= 11 is 0. The fourth-order valence-corrected chi connectivity index (χ4v) is 2.05. The molecule has 102 valence electrons. The van der Waals surface area contributed by atoms with E-state index in [0.717, 1.165) is 25.2 Å². The SMILES string of the molecule is CCCCCCCOc1ccccc1CC(C)N. The zero-order valence-corrected chi connectivity index (χ0v) is 11.8. The number of nitrogens with two attached hydrogens (primary N) is 1. The average Bonchev–Trinajstić information content (AvgIpc) is 2.35. The number of hydrogen-bond donors (Lipinski definition) is 1. The van der Waals surface area contributed by atoms with Crippen molar-refractivity contribution in [1.29, 1.82) is 0 Å². The topological polar surface area (TPSA) is 35.2 Å². The molecule has 0 amide bonds. The van der Waals surface area contributed by atoms with Gasteiger partial charge in [-0.3, -0.25) is 0 Å². The molecule has 2 N–H and O–H groups in total. The van der Waals surface area contributed by atoms with Crippen molar-refractivity contribution in [3.63, 3.8) is 0 Å². The van der Waals surface area contributed by atoms with Crippen molar-refractivity contribution in [3.05, 3.63) is 29.8 Å². The Morgan fingerprint density at radius 3 is 2.56 bits per heavy atom. The van der Waals surface area contributed by atoms with Gasteiger partial charge in [0.25, 0.3) is 0 Å². The molecule has 0 saturated heterocycles. The van der Waals surface area contributed by atoms with Crippen molar-refractivity contribution in [2.24, 2.45) is 5.73 Å². The minimum absolute atomic E-state index is 0.180. The van der Waals surface area contributed by atoms with Gasteiger partial charge in [0.2, 0.25) is 0 Å². The van der Waals surface area contributed by atoms with Crippen LogP contribution in [0.25, 0.3) is 0 Å². The Balaban J connectivity index is 2.32. The Hall–Kier alpha value is -1.02. The van der Waals surface area contributed by atoms with Crippen LogP contribution in [0.2, 0.25) is 0 Å². The molecule has 1 unspecified atom stereocenters. The number of rotatable bonds is 9. The van der Waals surface area contributed by atoms with Gasteiger partial charge < -0.3 is 10.5 Å². The summed E-state index contributed by atoms with van der Waals surface area (Å²) in [6.45, 7) is 5.09. The molecule has 1 atom stereocenters. The molecule has 2 nitrogen and oxygen atoms in total. The van der Waals surface area contributed by atoms with E-state index in [0.29, 0.717) is 0 Å². The van der Waals surface area contributed by atoms with Gasteiger partial charge in [-0.05, 0) is 31.4 Å². The van der Waals surface area contributed by atoms with Crippen LogP contribution in [0.4, 0.5) is 0 Å². The van der Waals surface area contributed by atoms with Gasteiger partial charge >= 0.3 is 0 Å². The Morgan fingerprint density at radius 2 is 1.83 bits per heavy atom. The van der Waals surface area contributed by atoms with Crippen LogP contribution in [-0.2, 0) is 6.42 Å². The molecule has 0 spiro atoms. The first kappa shape index (κ1) is 15.0. The van der Waals surface area contributed by atoms with E-state index < -0.39 is 0 Å². The lowest BCUT2D eigenvalue weighted by Crippen LogP contribution is -2.18. The van der Waals surface area contributed by atoms with Gasteiger partial charge in [-0.1, -0.05) is 50.8 Å². The number of benzene rings is 1. The molecule has 0 aliphatic rings. The summed E-state index contributed by atoms with van der Waals surface area (Å²) in [5.74, 6) is 1.00. The fourth-order valence-electron chi connectivity index (χ4n) is 2.05. The lowest BCUT2D eigenvalue weighted by atomic mass is 10.1. The molecule has 1 aromatic carbocycles. The quantitative estimate of drug-likeness (QED) is 0.673. The zero-order valence-electron chi connectivity index (χ0n) is 11.8. The summed E-state index contributed by atoms with van der Waals surface area (Å²) in [7, 11) is 0. The first-order valence-corrected chi connectivity index (χ1v) is 7.20. The van der Waals surface area contributed by atoms with Crippen LogP contribution in [0.3, 0.4) is 0 Å². The molecule has 2 heteroatoms. The van der Waals surface area contributed by atoms with Gasteiger partial charge in [0.05, 0.1) is 6.61 Å². The van der Waals surface area contributed by atoms with E-state index in [4.69, 9.17) is 10.5 Å². The smallest absolute Gasteiger partial charge is 0.122 e. The molecule has 0 aromatic heterocycles. The number of ether oxygens (including phenoxy) is 1. The molecule has 0 fully saturated rings. The van der Waals surface area contributed by atoms with Gasteiger partial charge in [0, 0.05) is 6.04 Å². The predicted octanol–water partition coefficient (Wildman–Crippen LogP) is 3.93. The van der Waals surface area contributed by atoms with Crippen LogP contribution in [0.5, 0.6) is 5.75 Å². The largest absolute Gasteiger partial charge is 0.493 e. The Morgan fingerprint density at radius 1 is 1.11 bits per heavy atom. The van der Waals surface area contributed by atoms with Crippen LogP contribution in [0.1, 0.15) is 51.5 Å². The Labute approximate surface area is 112 Å². The van der Waals surface area contributed by atoms with E-state index in [9.17, 15) is 0 Å². The number of hydrogen-bond acceptors (Lipinski definition) is 2. The highest BCUT2D eigenvalue weighted by Crippen LogP contribution is 2.19. The second-order valence-corrected chi connectivity index (χ2v) is 5.05. The molecule has 1 rings (SSSR count). The van der Waals surface area contributed by atoms with E-state index in [2.05, 4.69) is 13.0 Å². The van der Waals surface area contributed by atoms with Crippen molar-refractivity contribution in [2.75, 3.05) is 6.61 Å². The highest BCUT2D eigenvalue weighted by Gasteiger charge is 2.05. The van der Waals surface area contributed by atoms with E-state index in [1.807, 2.05) is 25.1 Å². The van der Waals surface area contributed by atoms with Gasteiger partial charge in [0.15, 0.2) is 0 Å². The molecule has 18 heavy (non-hydrogen) atoms. The third-order valence-corrected chi connectivity index (χ3v) is 3.02. The van der Waals surface area contributed by atoms with E-state index in [1.54, 1.807) is 0 Å². The van der Waals surface area contributed by atoms with Crippen molar-refractivity contribution >= 4 is 0 Å². The number of para-hydroxylation sites is 1. The van der Waals surface area contributed by atoms with Gasteiger partial charge in [-0.2, -0.15) is 0 Å². The predicted molar refractivity (Wildman–Crippen MR) is 78.0 cm³/mol. The van der Waals surface area contributed by atoms with Crippen LogP contribution in [-0.4, -0.2) is 12.6 Å². The monoisotopic (exact) mass is 249 g/mol. The van der Waals surface area contributed by atoms with E-state index in [-0.39, 0.29) is 6.04 Å². The molecular formula is C16H27NO. The van der Waals surface area contributed by atoms with Crippen LogP contribution >= 0.6 is 0 Å². The molecule has 0 aliphatic carbocycles. The minimum atomic E-state index is 0.180. The van der Waals surface area contributed by atoms with Crippen LogP contribution in [0.15, 0.2) is 24.3 Å². The first-order valence-electron chi connectivity index (χ1n) is 7.20. The van der Waals surface area contributed by atoms with Gasteiger partial charge in [0.1, 0.15) is 5.75 Å². The van der Waals surface area contributed by atoms with E-state index >= 15 is 0 Å². The standard InChI is InChI=1S/C16H27NO/c1-3-4-5-6-9-12-18-16-11-8-7-10-15(16)13-14(2)17/h7-8,10-11,14H,3-6,9,12-13,17H2,1-2H3. The van der Waals surface area contributed by atoms with Gasteiger partial charge in [-0.25, -0.2) is 0 Å². The molecule has 0 aliphatic heterocycles. The first-order chi connectivity index (χ1) is 8.74. The van der Waals surface area contributed by atoms with Crippen molar-refractivity contribution < 1.29 is 4.74 Å². The summed E-state index contributed by atoms with van der Waals surface area (Å²) in [5, 5.41) is 0. The maximum atomic E-state index is 5.86. The van der Waals surface area contributed by atoms with Crippen LogP contribution in [0, 0.1) is 0 Å². The van der Waals surface area contributed by atoms with Crippen molar-refractivity contribution in [1.82, 2.24) is 0 Å². The van der Waals surface area contributed by atoms with Crippen molar-refractivity contribution in [3.8, 4) is 5.75 Å². The molecule has 0 heterocycles. The number of unbranched alkanes of at least 4 members (excludes halogenated alkanes) is 4. The summed E-state index contributed by atoms with van der Waals surface area (Å²) in [4.78, 5) is 0. The minimum Gasteiger partial charge on any atom is -0.493 e. The third-order valence-electron chi connectivity index (χ3n) is 3.02. The fraction of sp³-hybridized carbons (Fsp3) is 0.625. The van der Waals surface area contributed by atoms with Gasteiger partial charge in [-0.15, -0.1) is 0 Å². The molecule has 1 aromatic rings. The van der Waals surface area contributed by atoms with E-state index in [1.165, 1.54) is 31.2 Å². The normalized spacial score (nSPS) is 12.4. The highest BCUT2D eigenvalue weighted by molar-refractivity contribution is 5.33. The maximum Gasteiger partial charge on any atom is 0.122 e. The zero-order chi connectivity index (χ0) is 13.2. The summed E-state index contributed by atoms with van der Waals surface area (Å²) in [6, 6.07) is 8.40. The molecule has 0 saturated carbocycles. The second-order valence-electron chi connectivity index (χ2n) is 5.05. The summed E-state index contributed by atoms with van der Waals surface area (Å²) < 4.78 is 5.86. The maximum absolute atomic E-state index is 5.86. The highest BCUT2D eigenvalue weighted by atomic mass is 16.5. The molecule has 0 bridgehead atoms. The average molecular weight is 249 g/mol. The summed E-state index contributed by atoms with van der Waals surface area (Å²) in [5.41, 5.74) is 7.07. The second kappa shape index (κ2) is 8.98. The Bertz CT molecular complexity index is 323.